The van der Waals surface area contributed by atoms with Crippen LogP contribution in [0.15, 0.2) is 17.7 Å². The highest BCUT2D eigenvalue weighted by Crippen LogP contribution is 2.32. The van der Waals surface area contributed by atoms with Crippen LogP contribution < -0.4 is 5.32 Å². The molecule has 21 heavy (non-hydrogen) atoms. The second kappa shape index (κ2) is 5.50. The van der Waals surface area contributed by atoms with Crippen molar-refractivity contribution >= 4 is 45.9 Å². The molecule has 3 rings (SSSR count). The lowest BCUT2D eigenvalue weighted by Gasteiger charge is -2.11. The third-order valence-corrected chi connectivity index (χ3v) is 4.34. The number of carboxylic acid groups (broad SMARTS) is 1. The van der Waals surface area contributed by atoms with E-state index >= 15 is 0 Å². The summed E-state index contributed by atoms with van der Waals surface area (Å²) < 4.78 is 1.77. The molecule has 2 N–H and O–H groups in total. The van der Waals surface area contributed by atoms with E-state index in [1.165, 1.54) is 23.5 Å². The van der Waals surface area contributed by atoms with Crippen LogP contribution in [0.2, 0.25) is 5.15 Å². The molecule has 1 atom stereocenters. The van der Waals surface area contributed by atoms with E-state index in [4.69, 9.17) is 16.7 Å². The number of hydrogen-bond donors (Lipinski definition) is 2. The molecule has 6 nitrogen and oxygen atoms in total. The van der Waals surface area contributed by atoms with Crippen LogP contribution in [-0.2, 0) is 9.59 Å². The molecular formula is C13H12ClN3O3S. The molecule has 1 saturated carbocycles. The first-order valence-electron chi connectivity index (χ1n) is 6.38. The topological polar surface area (TPSA) is 83.7 Å². The van der Waals surface area contributed by atoms with Crippen molar-refractivity contribution in [2.45, 2.75) is 18.9 Å². The first-order valence-corrected chi connectivity index (χ1v) is 7.64. The Morgan fingerprint density at radius 3 is 3.00 bits per heavy atom. The largest absolute Gasteiger partial charge is 0.480 e. The Morgan fingerprint density at radius 2 is 2.33 bits per heavy atom. The molecule has 1 aliphatic rings. The van der Waals surface area contributed by atoms with Gasteiger partial charge in [0.2, 0.25) is 5.91 Å². The van der Waals surface area contributed by atoms with E-state index in [1.807, 2.05) is 5.38 Å². The summed E-state index contributed by atoms with van der Waals surface area (Å²) in [4.78, 5) is 27.8. The maximum absolute atomic E-state index is 11.8. The van der Waals surface area contributed by atoms with Crippen molar-refractivity contribution in [3.63, 3.8) is 0 Å². The van der Waals surface area contributed by atoms with E-state index in [-0.39, 0.29) is 5.92 Å². The molecule has 0 spiro atoms. The van der Waals surface area contributed by atoms with Gasteiger partial charge in [0.05, 0.1) is 5.69 Å². The number of carboxylic acids is 1. The van der Waals surface area contributed by atoms with Crippen LogP contribution >= 0.6 is 22.9 Å². The van der Waals surface area contributed by atoms with Crippen molar-refractivity contribution < 1.29 is 14.7 Å². The van der Waals surface area contributed by atoms with E-state index in [9.17, 15) is 9.59 Å². The minimum absolute atomic E-state index is 0.0435. The van der Waals surface area contributed by atoms with Crippen molar-refractivity contribution in [2.75, 3.05) is 0 Å². The number of carbonyl (C=O) groups is 2. The lowest BCUT2D eigenvalue weighted by atomic mass is 10.2. The van der Waals surface area contributed by atoms with Crippen molar-refractivity contribution in [1.82, 2.24) is 14.7 Å². The van der Waals surface area contributed by atoms with Crippen LogP contribution in [-0.4, -0.2) is 32.4 Å². The predicted molar refractivity (Wildman–Crippen MR) is 79.4 cm³/mol. The summed E-state index contributed by atoms with van der Waals surface area (Å²) >= 11 is 7.45. The SMILES string of the molecule is O=C(C=Cc1c(Cl)nc2sccn12)NC(C(=O)O)C1CC1. The zero-order valence-corrected chi connectivity index (χ0v) is 12.4. The number of nitrogens with zero attached hydrogens (tertiary/aromatic N) is 2. The number of fused-ring (bicyclic) bond motifs is 1. The van der Waals surface area contributed by atoms with E-state index in [2.05, 4.69) is 10.3 Å². The Hall–Kier alpha value is -1.86. The molecule has 8 heteroatoms. The number of nitrogens with one attached hydrogen (secondary N) is 1. The van der Waals surface area contributed by atoms with Crippen molar-refractivity contribution in [3.05, 3.63) is 28.5 Å². The zero-order chi connectivity index (χ0) is 15.0. The summed E-state index contributed by atoms with van der Waals surface area (Å²) in [6.45, 7) is 0. The van der Waals surface area contributed by atoms with Gasteiger partial charge in [0.25, 0.3) is 0 Å². The Labute approximate surface area is 129 Å². The molecule has 2 aromatic rings. The standard InChI is InChI=1S/C13H12ClN3O3S/c14-11-8(17-5-6-21-13(17)16-11)3-4-9(18)15-10(12(19)20)7-1-2-7/h3-7,10H,1-2H2,(H,15,18)(H,19,20). The van der Waals surface area contributed by atoms with Crippen LogP contribution in [0.3, 0.4) is 0 Å². The van der Waals surface area contributed by atoms with E-state index in [0.717, 1.165) is 17.8 Å². The predicted octanol–water partition coefficient (Wildman–Crippen LogP) is 2.04. The molecule has 1 amide bonds. The number of carbonyl (C=O) groups excluding carboxylic acids is 1. The first kappa shape index (κ1) is 14.1. The minimum Gasteiger partial charge on any atom is -0.480 e. The molecular weight excluding hydrogens is 314 g/mol. The molecule has 1 aliphatic carbocycles. The van der Waals surface area contributed by atoms with Gasteiger partial charge in [-0.2, -0.15) is 0 Å². The fraction of sp³-hybridized carbons (Fsp3) is 0.308. The average molecular weight is 326 g/mol. The quantitative estimate of drug-likeness (QED) is 0.824. The molecule has 0 radical (unpaired) electrons. The summed E-state index contributed by atoms with van der Waals surface area (Å²) in [6.07, 6.45) is 6.30. The highest BCUT2D eigenvalue weighted by atomic mass is 35.5. The first-order chi connectivity index (χ1) is 10.1. The second-order valence-corrected chi connectivity index (χ2v) is 6.07. The fourth-order valence-electron chi connectivity index (χ4n) is 2.09. The Morgan fingerprint density at radius 1 is 1.57 bits per heavy atom. The summed E-state index contributed by atoms with van der Waals surface area (Å²) in [6, 6.07) is -0.816. The highest BCUT2D eigenvalue weighted by molar-refractivity contribution is 7.15. The number of hydrogen-bond acceptors (Lipinski definition) is 4. The molecule has 0 aromatic carbocycles. The van der Waals surface area contributed by atoms with Crippen molar-refractivity contribution in [3.8, 4) is 0 Å². The van der Waals surface area contributed by atoms with Crippen LogP contribution in [0, 0.1) is 5.92 Å². The van der Waals surface area contributed by atoms with Gasteiger partial charge in [0.1, 0.15) is 6.04 Å². The Bertz CT molecular complexity index is 732. The van der Waals surface area contributed by atoms with Gasteiger partial charge in [-0.15, -0.1) is 11.3 Å². The van der Waals surface area contributed by atoms with Crippen LogP contribution in [0.5, 0.6) is 0 Å². The van der Waals surface area contributed by atoms with Gasteiger partial charge in [0, 0.05) is 17.7 Å². The highest BCUT2D eigenvalue weighted by Gasteiger charge is 2.36. The van der Waals surface area contributed by atoms with Gasteiger partial charge >= 0.3 is 5.97 Å². The van der Waals surface area contributed by atoms with Gasteiger partial charge < -0.3 is 10.4 Å². The maximum Gasteiger partial charge on any atom is 0.326 e. The smallest absolute Gasteiger partial charge is 0.326 e. The number of imidazole rings is 1. The fourth-order valence-corrected chi connectivity index (χ4v) is 3.10. The molecule has 0 saturated heterocycles. The number of thiazole rings is 1. The third-order valence-electron chi connectivity index (χ3n) is 3.30. The van der Waals surface area contributed by atoms with Crippen molar-refractivity contribution in [2.24, 2.45) is 5.92 Å². The Kier molecular flexibility index (Phi) is 3.69. The molecule has 2 aromatic heterocycles. The van der Waals surface area contributed by atoms with Gasteiger partial charge in [-0.1, -0.05) is 11.6 Å². The average Bonchev–Trinajstić information content (AvgIpc) is 3.09. The number of amides is 1. The van der Waals surface area contributed by atoms with Gasteiger partial charge in [-0.3, -0.25) is 9.20 Å². The van der Waals surface area contributed by atoms with Gasteiger partial charge in [-0.25, -0.2) is 9.78 Å². The Balaban J connectivity index is 1.73. The monoisotopic (exact) mass is 325 g/mol. The molecule has 110 valence electrons. The number of rotatable bonds is 5. The van der Waals surface area contributed by atoms with Crippen LogP contribution in [0.1, 0.15) is 18.5 Å². The molecule has 2 heterocycles. The second-order valence-electron chi connectivity index (χ2n) is 4.84. The minimum atomic E-state index is -0.998. The summed E-state index contributed by atoms with van der Waals surface area (Å²) in [5.41, 5.74) is 0.598. The molecule has 1 fully saturated rings. The van der Waals surface area contributed by atoms with Crippen molar-refractivity contribution in [1.29, 1.82) is 0 Å². The molecule has 0 aliphatic heterocycles. The molecule has 1 unspecified atom stereocenters. The van der Waals surface area contributed by atoms with Gasteiger partial charge in [0.15, 0.2) is 10.1 Å². The summed E-state index contributed by atoms with van der Waals surface area (Å²) in [5.74, 6) is -1.40. The number of aromatic nitrogens is 2. The normalized spacial score (nSPS) is 16.4. The van der Waals surface area contributed by atoms with Crippen LogP contribution in [0.25, 0.3) is 11.0 Å². The molecule has 0 bridgehead atoms. The number of aliphatic carboxylic acids is 1. The summed E-state index contributed by atoms with van der Waals surface area (Å²) in [5, 5.41) is 13.7. The lowest BCUT2D eigenvalue weighted by molar-refractivity contribution is -0.141. The van der Waals surface area contributed by atoms with Gasteiger partial charge in [-0.05, 0) is 24.8 Å². The van der Waals surface area contributed by atoms with Crippen LogP contribution in [0.4, 0.5) is 0 Å². The number of halogens is 1. The third kappa shape index (κ3) is 2.93. The lowest BCUT2D eigenvalue weighted by Crippen LogP contribution is -2.41. The summed E-state index contributed by atoms with van der Waals surface area (Å²) in [7, 11) is 0. The van der Waals surface area contributed by atoms with E-state index in [1.54, 1.807) is 10.6 Å². The van der Waals surface area contributed by atoms with E-state index < -0.39 is 17.9 Å². The van der Waals surface area contributed by atoms with E-state index in [0.29, 0.717) is 10.8 Å². The maximum atomic E-state index is 11.8. The zero-order valence-electron chi connectivity index (χ0n) is 10.8.